The molecule has 1 aliphatic rings. The van der Waals surface area contributed by atoms with Crippen LogP contribution in [-0.2, 0) is 27.4 Å². The first-order chi connectivity index (χ1) is 13.7. The SMILES string of the molecule is O=C(OCc1ccccc1)N(O)C1C=CC(OCCOCc2ccccc2)C1. The van der Waals surface area contributed by atoms with Gasteiger partial charge in [-0.3, -0.25) is 5.21 Å². The predicted octanol–water partition coefficient (Wildman–Crippen LogP) is 3.94. The molecule has 1 N–H and O–H groups in total. The van der Waals surface area contributed by atoms with E-state index in [1.807, 2.05) is 66.7 Å². The van der Waals surface area contributed by atoms with Crippen molar-refractivity contribution in [3.63, 3.8) is 0 Å². The molecule has 1 amide bonds. The molecule has 0 heterocycles. The van der Waals surface area contributed by atoms with E-state index in [9.17, 15) is 10.0 Å². The molecule has 2 aromatic carbocycles. The molecular formula is C22H25NO5. The molecule has 0 saturated carbocycles. The molecule has 6 heteroatoms. The molecule has 0 aromatic heterocycles. The number of amides is 1. The molecule has 1 aliphatic carbocycles. The van der Waals surface area contributed by atoms with Crippen molar-refractivity contribution >= 4 is 6.09 Å². The first-order valence-electron chi connectivity index (χ1n) is 9.33. The minimum atomic E-state index is -0.773. The number of carbonyl (C=O) groups is 1. The molecule has 0 radical (unpaired) electrons. The summed E-state index contributed by atoms with van der Waals surface area (Å²) in [5.41, 5.74) is 1.98. The predicted molar refractivity (Wildman–Crippen MR) is 104 cm³/mol. The lowest BCUT2D eigenvalue weighted by Crippen LogP contribution is -2.36. The van der Waals surface area contributed by atoms with Crippen LogP contribution in [0.4, 0.5) is 4.79 Å². The summed E-state index contributed by atoms with van der Waals surface area (Å²) in [5, 5.41) is 10.7. The highest BCUT2D eigenvalue weighted by Crippen LogP contribution is 2.19. The number of hydrogen-bond acceptors (Lipinski definition) is 5. The average Bonchev–Trinajstić information content (AvgIpc) is 3.21. The van der Waals surface area contributed by atoms with Crippen molar-refractivity contribution < 1.29 is 24.2 Å². The van der Waals surface area contributed by atoms with Crippen LogP contribution in [0.15, 0.2) is 72.8 Å². The van der Waals surface area contributed by atoms with Crippen LogP contribution in [0.3, 0.4) is 0 Å². The smallest absolute Gasteiger partial charge is 0.434 e. The minimum absolute atomic E-state index is 0.117. The van der Waals surface area contributed by atoms with Crippen LogP contribution < -0.4 is 0 Å². The number of benzene rings is 2. The third kappa shape index (κ3) is 6.20. The number of hydrogen-bond donors (Lipinski definition) is 1. The number of hydroxylamine groups is 2. The van der Waals surface area contributed by atoms with E-state index in [-0.39, 0.29) is 12.7 Å². The third-order valence-corrected chi connectivity index (χ3v) is 4.40. The van der Waals surface area contributed by atoms with Crippen molar-refractivity contribution in [1.82, 2.24) is 5.06 Å². The zero-order valence-electron chi connectivity index (χ0n) is 15.6. The summed E-state index contributed by atoms with van der Waals surface area (Å²) in [6.45, 7) is 1.58. The maximum atomic E-state index is 12.0. The van der Waals surface area contributed by atoms with Gasteiger partial charge < -0.3 is 14.2 Å². The van der Waals surface area contributed by atoms with Gasteiger partial charge in [-0.1, -0.05) is 72.8 Å². The summed E-state index contributed by atoms with van der Waals surface area (Å²) in [7, 11) is 0. The normalized spacial score (nSPS) is 18.2. The molecule has 2 unspecified atom stereocenters. The molecule has 0 aliphatic heterocycles. The molecule has 0 spiro atoms. The molecule has 6 nitrogen and oxygen atoms in total. The Kier molecular flexibility index (Phi) is 7.61. The molecule has 2 atom stereocenters. The van der Waals surface area contributed by atoms with E-state index >= 15 is 0 Å². The molecule has 3 rings (SSSR count). The second kappa shape index (κ2) is 10.6. The fourth-order valence-corrected chi connectivity index (χ4v) is 2.90. The van der Waals surface area contributed by atoms with Gasteiger partial charge in [-0.2, -0.15) is 5.06 Å². The molecular weight excluding hydrogens is 358 g/mol. The number of rotatable bonds is 9. The summed E-state index contributed by atoms with van der Waals surface area (Å²) >= 11 is 0. The van der Waals surface area contributed by atoms with Gasteiger partial charge in [0.15, 0.2) is 0 Å². The lowest BCUT2D eigenvalue weighted by atomic mass is 10.2. The first-order valence-corrected chi connectivity index (χ1v) is 9.33. The Hall–Kier alpha value is -2.67. The van der Waals surface area contributed by atoms with Gasteiger partial charge in [0.05, 0.1) is 32.0 Å². The van der Waals surface area contributed by atoms with Crippen molar-refractivity contribution in [1.29, 1.82) is 0 Å². The standard InChI is InChI=1S/C22H25NO5/c24-22(28-17-19-9-5-2-6-10-19)23(25)20-11-12-21(15-20)27-14-13-26-16-18-7-3-1-4-8-18/h1-12,20-21,25H,13-17H2. The van der Waals surface area contributed by atoms with Crippen LogP contribution in [0.5, 0.6) is 0 Å². The van der Waals surface area contributed by atoms with E-state index in [1.54, 1.807) is 6.08 Å². The lowest BCUT2D eigenvalue weighted by Gasteiger charge is -2.21. The molecule has 0 bridgehead atoms. The van der Waals surface area contributed by atoms with Crippen molar-refractivity contribution in [2.24, 2.45) is 0 Å². The van der Waals surface area contributed by atoms with Gasteiger partial charge >= 0.3 is 6.09 Å². The van der Waals surface area contributed by atoms with E-state index in [4.69, 9.17) is 14.2 Å². The van der Waals surface area contributed by atoms with Gasteiger partial charge in [-0.15, -0.1) is 0 Å². The van der Waals surface area contributed by atoms with E-state index in [0.717, 1.165) is 11.1 Å². The van der Waals surface area contributed by atoms with Crippen LogP contribution in [0.2, 0.25) is 0 Å². The topological polar surface area (TPSA) is 68.2 Å². The highest BCUT2D eigenvalue weighted by molar-refractivity contribution is 5.67. The summed E-state index contributed by atoms with van der Waals surface area (Å²) in [4.78, 5) is 12.0. The van der Waals surface area contributed by atoms with Crippen LogP contribution >= 0.6 is 0 Å². The monoisotopic (exact) mass is 383 g/mol. The Morgan fingerprint density at radius 2 is 1.57 bits per heavy atom. The molecule has 148 valence electrons. The number of nitrogens with zero attached hydrogens (tertiary/aromatic N) is 1. The zero-order valence-corrected chi connectivity index (χ0v) is 15.6. The van der Waals surface area contributed by atoms with Crippen LogP contribution in [-0.4, -0.2) is 41.7 Å². The second-order valence-electron chi connectivity index (χ2n) is 6.52. The van der Waals surface area contributed by atoms with Gasteiger partial charge in [0.25, 0.3) is 0 Å². The van der Waals surface area contributed by atoms with E-state index in [1.165, 1.54) is 0 Å². The summed E-state index contributed by atoms with van der Waals surface area (Å²) in [5.74, 6) is 0. The number of carbonyl (C=O) groups excluding carboxylic acids is 1. The largest absolute Gasteiger partial charge is 0.443 e. The van der Waals surface area contributed by atoms with E-state index in [0.29, 0.717) is 31.3 Å². The summed E-state index contributed by atoms with van der Waals surface area (Å²) in [6.07, 6.45) is 3.14. The van der Waals surface area contributed by atoms with Crippen molar-refractivity contribution in [2.45, 2.75) is 31.8 Å². The Labute approximate surface area is 164 Å². The first kappa shape index (κ1) is 20.1. The minimum Gasteiger partial charge on any atom is -0.443 e. The fourth-order valence-electron chi connectivity index (χ4n) is 2.90. The van der Waals surface area contributed by atoms with Gasteiger partial charge in [0.2, 0.25) is 0 Å². The zero-order chi connectivity index (χ0) is 19.6. The molecule has 28 heavy (non-hydrogen) atoms. The maximum absolute atomic E-state index is 12.0. The summed E-state index contributed by atoms with van der Waals surface area (Å²) in [6, 6.07) is 18.8. The van der Waals surface area contributed by atoms with Crippen molar-refractivity contribution in [3.8, 4) is 0 Å². The Morgan fingerprint density at radius 3 is 2.25 bits per heavy atom. The quantitative estimate of drug-likeness (QED) is 0.307. The lowest BCUT2D eigenvalue weighted by molar-refractivity contribution is -0.100. The van der Waals surface area contributed by atoms with Crippen LogP contribution in [0.1, 0.15) is 17.5 Å². The van der Waals surface area contributed by atoms with Gasteiger partial charge in [-0.05, 0) is 11.1 Å². The molecule has 2 aromatic rings. The van der Waals surface area contributed by atoms with Crippen LogP contribution in [0, 0.1) is 0 Å². The van der Waals surface area contributed by atoms with E-state index in [2.05, 4.69) is 0 Å². The maximum Gasteiger partial charge on any atom is 0.434 e. The fraction of sp³-hybridized carbons (Fsp3) is 0.318. The van der Waals surface area contributed by atoms with E-state index < -0.39 is 12.1 Å². The van der Waals surface area contributed by atoms with Gasteiger partial charge in [0.1, 0.15) is 6.61 Å². The Bertz CT molecular complexity index is 750. The average molecular weight is 383 g/mol. The Balaban J connectivity index is 1.31. The third-order valence-electron chi connectivity index (χ3n) is 4.40. The van der Waals surface area contributed by atoms with Gasteiger partial charge in [0, 0.05) is 6.42 Å². The Morgan fingerprint density at radius 1 is 0.929 bits per heavy atom. The molecule has 0 fully saturated rings. The summed E-state index contributed by atoms with van der Waals surface area (Å²) < 4.78 is 16.4. The highest BCUT2D eigenvalue weighted by atomic mass is 16.6. The molecule has 0 saturated heterocycles. The van der Waals surface area contributed by atoms with Gasteiger partial charge in [-0.25, -0.2) is 4.79 Å². The second-order valence-corrected chi connectivity index (χ2v) is 6.52. The number of ether oxygens (including phenoxy) is 3. The van der Waals surface area contributed by atoms with Crippen molar-refractivity contribution in [3.05, 3.63) is 83.9 Å². The van der Waals surface area contributed by atoms with Crippen LogP contribution in [0.25, 0.3) is 0 Å². The highest BCUT2D eigenvalue weighted by Gasteiger charge is 2.28. The van der Waals surface area contributed by atoms with Crippen molar-refractivity contribution in [2.75, 3.05) is 13.2 Å².